The van der Waals surface area contributed by atoms with E-state index in [1.54, 1.807) is 0 Å². The van der Waals surface area contributed by atoms with Crippen LogP contribution in [0.2, 0.25) is 0 Å². The van der Waals surface area contributed by atoms with Gasteiger partial charge in [-0.3, -0.25) is 0 Å². The van der Waals surface area contributed by atoms with E-state index in [0.29, 0.717) is 5.92 Å². The second-order valence-corrected chi connectivity index (χ2v) is 9.63. The van der Waals surface area contributed by atoms with Crippen LogP contribution in [0.25, 0.3) is 5.57 Å². The average Bonchev–Trinajstić information content (AvgIpc) is 2.79. The number of rotatable bonds is 10. The third-order valence-corrected chi connectivity index (χ3v) is 7.08. The van der Waals surface area contributed by atoms with Gasteiger partial charge in [-0.15, -0.1) is 0 Å². The van der Waals surface area contributed by atoms with Crippen LogP contribution in [-0.2, 0) is 4.74 Å². The maximum Gasteiger partial charge on any atom is 0.0900 e. The van der Waals surface area contributed by atoms with E-state index in [9.17, 15) is 5.26 Å². The summed E-state index contributed by atoms with van der Waals surface area (Å²) in [5.41, 5.74) is 2.13. The van der Waals surface area contributed by atoms with Gasteiger partial charge in [0.25, 0.3) is 0 Å². The summed E-state index contributed by atoms with van der Waals surface area (Å²) in [5.74, 6) is 0.663. The summed E-state index contributed by atoms with van der Waals surface area (Å²) < 4.78 is 6.57. The van der Waals surface area contributed by atoms with Crippen LogP contribution in [0.1, 0.15) is 90.0 Å². The van der Waals surface area contributed by atoms with E-state index < -0.39 is 0 Å². The predicted molar refractivity (Wildman–Crippen MR) is 126 cm³/mol. The molecule has 0 radical (unpaired) electrons. The van der Waals surface area contributed by atoms with Crippen LogP contribution in [0.4, 0.5) is 0 Å². The van der Waals surface area contributed by atoms with Gasteiger partial charge in [0, 0.05) is 6.61 Å². The van der Waals surface area contributed by atoms with Gasteiger partial charge in [-0.25, -0.2) is 0 Å². The summed E-state index contributed by atoms with van der Waals surface area (Å²) in [6, 6.07) is 13.3. The summed E-state index contributed by atoms with van der Waals surface area (Å²) in [6.45, 7) is 5.37. The lowest BCUT2D eigenvalue weighted by Crippen LogP contribution is -2.35. The van der Waals surface area contributed by atoms with E-state index in [0.717, 1.165) is 45.1 Å². The summed E-state index contributed by atoms with van der Waals surface area (Å²) in [4.78, 5) is 0. The van der Waals surface area contributed by atoms with Gasteiger partial charge in [0.1, 0.15) is 0 Å². The van der Waals surface area contributed by atoms with Crippen LogP contribution in [0.5, 0.6) is 0 Å². The van der Waals surface area contributed by atoms with E-state index in [-0.39, 0.29) is 11.0 Å². The first-order chi connectivity index (χ1) is 14.6. The Hall–Kier alpha value is -1.85. The highest BCUT2D eigenvalue weighted by atomic mass is 16.5. The Bertz CT molecular complexity index is 759. The van der Waals surface area contributed by atoms with Gasteiger partial charge in [0.05, 0.1) is 17.1 Å². The molecular formula is C28H39NO. The molecule has 1 aromatic rings. The zero-order valence-electron chi connectivity index (χ0n) is 19.0. The second kappa shape index (κ2) is 11.0. The Morgan fingerprint density at radius 1 is 1.13 bits per heavy atom. The molecule has 2 nitrogen and oxygen atoms in total. The van der Waals surface area contributed by atoms with Crippen LogP contribution in [0, 0.1) is 22.7 Å². The molecule has 2 heteroatoms. The number of unbranched alkanes of at least 4 members (excludes halogenated alkanes) is 3. The van der Waals surface area contributed by atoms with Crippen molar-refractivity contribution in [3.05, 3.63) is 54.1 Å². The smallest absolute Gasteiger partial charge is 0.0900 e. The van der Waals surface area contributed by atoms with Gasteiger partial charge in [0.2, 0.25) is 0 Å². The first-order valence-electron chi connectivity index (χ1n) is 12.1. The molecule has 0 aliphatic heterocycles. The first kappa shape index (κ1) is 22.8. The van der Waals surface area contributed by atoms with E-state index in [1.165, 1.54) is 43.2 Å². The minimum atomic E-state index is -0.255. The van der Waals surface area contributed by atoms with Crippen molar-refractivity contribution in [1.29, 1.82) is 5.26 Å². The summed E-state index contributed by atoms with van der Waals surface area (Å²) >= 11 is 0. The lowest BCUT2D eigenvalue weighted by molar-refractivity contribution is -0.0237. The van der Waals surface area contributed by atoms with Crippen molar-refractivity contribution >= 4 is 5.57 Å². The maximum absolute atomic E-state index is 10.0. The molecule has 162 valence electrons. The summed E-state index contributed by atoms with van der Waals surface area (Å²) in [5, 5.41) is 10.0. The van der Waals surface area contributed by atoms with Gasteiger partial charge >= 0.3 is 0 Å². The van der Waals surface area contributed by atoms with Gasteiger partial charge in [-0.2, -0.15) is 5.26 Å². The fourth-order valence-electron chi connectivity index (χ4n) is 5.17. The molecular weight excluding hydrogens is 366 g/mol. The lowest BCUT2D eigenvalue weighted by Gasteiger charge is -2.39. The molecule has 30 heavy (non-hydrogen) atoms. The number of hydrogen-bond donors (Lipinski definition) is 0. The van der Waals surface area contributed by atoms with Gasteiger partial charge in [-0.1, -0.05) is 94.5 Å². The van der Waals surface area contributed by atoms with Crippen molar-refractivity contribution in [2.45, 2.75) is 90.1 Å². The fourth-order valence-corrected chi connectivity index (χ4v) is 5.17. The molecule has 0 amide bonds. The standard InChI is InChI=1S/C28H39NO/c1-3-4-5-9-21-30-28(20-19-27(23-29)16-10-11-24(2)22-27)17-14-26(15-18-28)25-12-7-6-8-13-25/h6-8,12-15,17,24H,3-5,9-11,16,18-22H2,1-2H3. The normalized spacial score (nSPS) is 28.7. The van der Waals surface area contributed by atoms with Crippen molar-refractivity contribution < 1.29 is 4.74 Å². The molecule has 2 aliphatic carbocycles. The molecule has 0 aromatic heterocycles. The van der Waals surface area contributed by atoms with Crippen LogP contribution >= 0.6 is 0 Å². The van der Waals surface area contributed by atoms with E-state index >= 15 is 0 Å². The number of nitrogens with zero attached hydrogens (tertiary/aromatic N) is 1. The van der Waals surface area contributed by atoms with Gasteiger partial charge in [-0.05, 0) is 55.6 Å². The Morgan fingerprint density at radius 3 is 2.63 bits per heavy atom. The number of nitriles is 1. The highest BCUT2D eigenvalue weighted by Crippen LogP contribution is 2.45. The van der Waals surface area contributed by atoms with E-state index in [1.807, 2.05) is 0 Å². The fraction of sp³-hybridized carbons (Fsp3) is 0.607. The van der Waals surface area contributed by atoms with Gasteiger partial charge < -0.3 is 4.74 Å². The number of ether oxygens (including phenoxy) is 1. The number of allylic oxidation sites excluding steroid dienone is 2. The average molecular weight is 406 g/mol. The molecule has 1 fully saturated rings. The molecule has 0 saturated heterocycles. The second-order valence-electron chi connectivity index (χ2n) is 9.63. The van der Waals surface area contributed by atoms with E-state index in [4.69, 9.17) is 4.74 Å². The molecule has 0 heterocycles. The largest absolute Gasteiger partial charge is 0.371 e. The molecule has 3 rings (SSSR count). The molecule has 3 atom stereocenters. The third-order valence-electron chi connectivity index (χ3n) is 7.08. The Kier molecular flexibility index (Phi) is 8.34. The Morgan fingerprint density at radius 2 is 1.97 bits per heavy atom. The van der Waals surface area contributed by atoms with Crippen LogP contribution < -0.4 is 0 Å². The van der Waals surface area contributed by atoms with Crippen molar-refractivity contribution in [2.24, 2.45) is 11.3 Å². The van der Waals surface area contributed by atoms with Crippen molar-refractivity contribution in [3.63, 3.8) is 0 Å². The molecule has 1 saturated carbocycles. The van der Waals surface area contributed by atoms with Crippen LogP contribution in [-0.4, -0.2) is 12.2 Å². The van der Waals surface area contributed by atoms with Gasteiger partial charge in [0.15, 0.2) is 0 Å². The molecule has 2 aliphatic rings. The predicted octanol–water partition coefficient (Wildman–Crippen LogP) is 7.87. The molecule has 0 spiro atoms. The number of hydrogen-bond acceptors (Lipinski definition) is 2. The molecule has 0 bridgehead atoms. The zero-order chi connectivity index (χ0) is 21.3. The molecule has 3 unspecified atom stereocenters. The quantitative estimate of drug-likeness (QED) is 0.371. The number of benzene rings is 1. The minimum Gasteiger partial charge on any atom is -0.371 e. The molecule has 1 aromatic carbocycles. The zero-order valence-corrected chi connectivity index (χ0v) is 19.0. The SMILES string of the molecule is CCCCCCOC1(CCC2(C#N)CCCC(C)C2)C=CC(c2ccccc2)=CC1. The van der Waals surface area contributed by atoms with Crippen molar-refractivity contribution in [1.82, 2.24) is 0 Å². The Labute approximate surface area is 184 Å². The monoisotopic (exact) mass is 405 g/mol. The van der Waals surface area contributed by atoms with Crippen molar-refractivity contribution in [3.8, 4) is 6.07 Å². The highest BCUT2D eigenvalue weighted by molar-refractivity contribution is 5.75. The topological polar surface area (TPSA) is 33.0 Å². The van der Waals surface area contributed by atoms with Crippen LogP contribution in [0.15, 0.2) is 48.6 Å². The maximum atomic E-state index is 10.0. The summed E-state index contributed by atoms with van der Waals surface area (Å²) in [6.07, 6.45) is 19.1. The third kappa shape index (κ3) is 6.08. The van der Waals surface area contributed by atoms with E-state index in [2.05, 4.69) is 68.5 Å². The van der Waals surface area contributed by atoms with Crippen molar-refractivity contribution in [2.75, 3.05) is 6.61 Å². The molecule has 0 N–H and O–H groups in total. The minimum absolute atomic E-state index is 0.159. The highest BCUT2D eigenvalue weighted by Gasteiger charge is 2.39. The summed E-state index contributed by atoms with van der Waals surface area (Å²) in [7, 11) is 0. The first-order valence-corrected chi connectivity index (χ1v) is 12.1. The Balaban J connectivity index is 1.68. The van der Waals surface area contributed by atoms with Crippen LogP contribution in [0.3, 0.4) is 0 Å². The lowest BCUT2D eigenvalue weighted by atomic mass is 9.67.